The highest BCUT2D eigenvalue weighted by molar-refractivity contribution is 7.80. The molecule has 0 unspecified atom stereocenters. The number of aromatic nitrogens is 1. The number of hydrogen-bond donors (Lipinski definition) is 2. The van der Waals surface area contributed by atoms with E-state index < -0.39 is 11.9 Å². The molecule has 0 saturated carbocycles. The van der Waals surface area contributed by atoms with Crippen molar-refractivity contribution in [3.8, 4) is 11.1 Å². The molecular formula is C21H19Cl2N3O4S2. The maximum absolute atomic E-state index is 12.9. The van der Waals surface area contributed by atoms with E-state index in [1.807, 2.05) is 13.8 Å². The second-order valence-corrected chi connectivity index (χ2v) is 9.12. The first-order chi connectivity index (χ1) is 15.1. The number of thiophene rings is 1. The SMILES string of the molecule is CCOC(=O)c1c(NC(=S)NC(=O)c2noc(C)c2-c2c(Cl)cccc2Cl)sc(C)c1C. The van der Waals surface area contributed by atoms with E-state index in [0.29, 0.717) is 37.5 Å². The van der Waals surface area contributed by atoms with Gasteiger partial charge in [-0.1, -0.05) is 34.4 Å². The van der Waals surface area contributed by atoms with Gasteiger partial charge in [-0.05, 0) is 57.6 Å². The first-order valence-electron chi connectivity index (χ1n) is 9.45. The molecule has 3 rings (SSSR count). The normalized spacial score (nSPS) is 10.7. The van der Waals surface area contributed by atoms with Crippen molar-refractivity contribution in [2.24, 2.45) is 0 Å². The van der Waals surface area contributed by atoms with Crippen LogP contribution in [0.3, 0.4) is 0 Å². The largest absolute Gasteiger partial charge is 0.462 e. The van der Waals surface area contributed by atoms with Crippen molar-refractivity contribution >= 4 is 68.7 Å². The molecule has 0 spiro atoms. The van der Waals surface area contributed by atoms with E-state index >= 15 is 0 Å². The molecule has 0 fully saturated rings. The van der Waals surface area contributed by atoms with Gasteiger partial charge in [0.1, 0.15) is 10.8 Å². The second kappa shape index (κ2) is 9.99. The van der Waals surface area contributed by atoms with Crippen molar-refractivity contribution in [3.05, 3.63) is 55.7 Å². The van der Waals surface area contributed by atoms with Crippen molar-refractivity contribution in [2.45, 2.75) is 27.7 Å². The summed E-state index contributed by atoms with van der Waals surface area (Å²) in [5.41, 5.74) is 1.95. The van der Waals surface area contributed by atoms with E-state index in [4.69, 9.17) is 44.7 Å². The molecule has 0 atom stereocenters. The predicted molar refractivity (Wildman–Crippen MR) is 130 cm³/mol. The average Bonchev–Trinajstić information content (AvgIpc) is 3.21. The molecule has 0 bridgehead atoms. The summed E-state index contributed by atoms with van der Waals surface area (Å²) >= 11 is 19.2. The van der Waals surface area contributed by atoms with Gasteiger partial charge in [-0.15, -0.1) is 11.3 Å². The van der Waals surface area contributed by atoms with Crippen LogP contribution in [0.2, 0.25) is 10.0 Å². The third-order valence-corrected chi connectivity index (χ3v) is 6.57. The fourth-order valence-electron chi connectivity index (χ4n) is 3.02. The highest BCUT2D eigenvalue weighted by Crippen LogP contribution is 2.38. The van der Waals surface area contributed by atoms with E-state index in [0.717, 1.165) is 10.4 Å². The van der Waals surface area contributed by atoms with Gasteiger partial charge >= 0.3 is 5.97 Å². The maximum atomic E-state index is 12.9. The van der Waals surface area contributed by atoms with Gasteiger partial charge in [0.2, 0.25) is 0 Å². The topological polar surface area (TPSA) is 93.5 Å². The van der Waals surface area contributed by atoms with Gasteiger partial charge < -0.3 is 14.6 Å². The number of nitrogens with zero attached hydrogens (tertiary/aromatic N) is 1. The Balaban J connectivity index is 1.86. The zero-order valence-corrected chi connectivity index (χ0v) is 20.7. The lowest BCUT2D eigenvalue weighted by Gasteiger charge is -2.11. The third kappa shape index (κ3) is 4.80. The van der Waals surface area contributed by atoms with Gasteiger partial charge in [-0.25, -0.2) is 4.79 Å². The number of amides is 1. The Hall–Kier alpha value is -2.46. The Morgan fingerprint density at radius 1 is 1.19 bits per heavy atom. The Morgan fingerprint density at radius 2 is 1.84 bits per heavy atom. The van der Waals surface area contributed by atoms with Crippen LogP contribution in [0.4, 0.5) is 5.00 Å². The molecule has 1 aromatic carbocycles. The molecule has 3 aromatic rings. The number of thiocarbonyl (C=S) groups is 1. The summed E-state index contributed by atoms with van der Waals surface area (Å²) in [6, 6.07) is 5.00. The van der Waals surface area contributed by atoms with Gasteiger partial charge in [-0.3, -0.25) is 10.1 Å². The Bertz CT molecular complexity index is 1200. The number of anilines is 1. The molecule has 1 amide bonds. The number of carbonyl (C=O) groups is 2. The standard InChI is InChI=1S/C21H19Cl2N3O4S2/c1-5-29-20(28)14-9(2)11(4)32-19(14)25-21(31)24-18(27)17-15(10(3)30-26-17)16-12(22)7-6-8-13(16)23/h6-8H,5H2,1-4H3,(H2,24,25,27,31). The van der Waals surface area contributed by atoms with E-state index in [9.17, 15) is 9.59 Å². The molecule has 0 aliphatic heterocycles. The van der Waals surface area contributed by atoms with Crippen LogP contribution in [0.15, 0.2) is 22.7 Å². The molecule has 168 valence electrons. The van der Waals surface area contributed by atoms with E-state index in [1.165, 1.54) is 11.3 Å². The lowest BCUT2D eigenvalue weighted by molar-refractivity contribution is 0.0527. The van der Waals surface area contributed by atoms with Crippen LogP contribution in [0, 0.1) is 20.8 Å². The van der Waals surface area contributed by atoms with Crippen LogP contribution in [-0.4, -0.2) is 28.8 Å². The number of rotatable bonds is 5. The van der Waals surface area contributed by atoms with Crippen molar-refractivity contribution in [2.75, 3.05) is 11.9 Å². The van der Waals surface area contributed by atoms with Crippen LogP contribution < -0.4 is 10.6 Å². The lowest BCUT2D eigenvalue weighted by atomic mass is 10.0. The van der Waals surface area contributed by atoms with Gasteiger partial charge in [-0.2, -0.15) is 0 Å². The molecule has 7 nitrogen and oxygen atoms in total. The fraction of sp³-hybridized carbons (Fsp3) is 0.238. The molecule has 11 heteroatoms. The summed E-state index contributed by atoms with van der Waals surface area (Å²) in [5.74, 6) is -0.708. The van der Waals surface area contributed by atoms with Crippen LogP contribution in [-0.2, 0) is 4.74 Å². The summed E-state index contributed by atoms with van der Waals surface area (Å²) < 4.78 is 10.4. The first kappa shape index (κ1) is 24.2. The summed E-state index contributed by atoms with van der Waals surface area (Å²) in [4.78, 5) is 26.2. The first-order valence-corrected chi connectivity index (χ1v) is 11.4. The number of benzene rings is 1. The smallest absolute Gasteiger partial charge is 0.341 e. The number of ether oxygens (including phenoxy) is 1. The molecule has 0 aliphatic carbocycles. The van der Waals surface area contributed by atoms with Crippen molar-refractivity contribution in [1.82, 2.24) is 10.5 Å². The molecule has 0 radical (unpaired) electrons. The fourth-order valence-corrected chi connectivity index (χ4v) is 4.92. The van der Waals surface area contributed by atoms with Crippen LogP contribution in [0.1, 0.15) is 44.0 Å². The summed E-state index contributed by atoms with van der Waals surface area (Å²) in [6.45, 7) is 7.33. The number of carbonyl (C=O) groups excluding carboxylic acids is 2. The minimum absolute atomic E-state index is 0.0151. The van der Waals surface area contributed by atoms with Gasteiger partial charge in [0.05, 0.1) is 27.8 Å². The maximum Gasteiger partial charge on any atom is 0.341 e. The minimum atomic E-state index is -0.618. The Labute approximate surface area is 204 Å². The van der Waals surface area contributed by atoms with Crippen LogP contribution in [0.25, 0.3) is 11.1 Å². The number of aryl methyl sites for hydroxylation is 2. The highest BCUT2D eigenvalue weighted by atomic mass is 35.5. The van der Waals surface area contributed by atoms with Crippen molar-refractivity contribution in [1.29, 1.82) is 0 Å². The third-order valence-electron chi connectivity index (χ3n) is 4.61. The number of nitrogens with one attached hydrogen (secondary N) is 2. The molecular weight excluding hydrogens is 493 g/mol. The lowest BCUT2D eigenvalue weighted by Crippen LogP contribution is -2.34. The molecule has 0 aliphatic rings. The number of hydrogen-bond acceptors (Lipinski definition) is 7. The van der Waals surface area contributed by atoms with E-state index in [1.54, 1.807) is 32.0 Å². The van der Waals surface area contributed by atoms with Crippen LogP contribution in [0.5, 0.6) is 0 Å². The Morgan fingerprint density at radius 3 is 2.47 bits per heavy atom. The molecule has 0 saturated heterocycles. The highest BCUT2D eigenvalue weighted by Gasteiger charge is 2.26. The van der Waals surface area contributed by atoms with Gasteiger partial charge in [0.15, 0.2) is 10.8 Å². The molecule has 2 heterocycles. The number of halogens is 2. The quantitative estimate of drug-likeness (QED) is 0.323. The zero-order valence-electron chi connectivity index (χ0n) is 17.6. The number of esters is 1. The van der Waals surface area contributed by atoms with Gasteiger partial charge in [0, 0.05) is 10.4 Å². The molecule has 2 aromatic heterocycles. The predicted octanol–water partition coefficient (Wildman–Crippen LogP) is 5.94. The monoisotopic (exact) mass is 511 g/mol. The summed E-state index contributed by atoms with van der Waals surface area (Å²) in [7, 11) is 0. The minimum Gasteiger partial charge on any atom is -0.462 e. The Kier molecular flexibility index (Phi) is 7.55. The molecule has 32 heavy (non-hydrogen) atoms. The van der Waals surface area contributed by atoms with Crippen molar-refractivity contribution < 1.29 is 18.8 Å². The van der Waals surface area contributed by atoms with Gasteiger partial charge in [0.25, 0.3) is 5.91 Å². The van der Waals surface area contributed by atoms with E-state index in [-0.39, 0.29) is 17.4 Å². The average molecular weight is 512 g/mol. The summed E-state index contributed by atoms with van der Waals surface area (Å²) in [6.07, 6.45) is 0. The van der Waals surface area contributed by atoms with E-state index in [2.05, 4.69) is 15.8 Å². The molecule has 2 N–H and O–H groups in total. The summed E-state index contributed by atoms with van der Waals surface area (Å²) in [5, 5.41) is 10.5. The zero-order chi connectivity index (χ0) is 23.6. The van der Waals surface area contributed by atoms with Crippen molar-refractivity contribution in [3.63, 3.8) is 0 Å². The van der Waals surface area contributed by atoms with Crippen LogP contribution >= 0.6 is 46.8 Å². The second-order valence-electron chi connectivity index (χ2n) is 6.68.